The molecule has 0 amide bonds. The van der Waals surface area contributed by atoms with Crippen molar-refractivity contribution < 1.29 is 22.8 Å². The van der Waals surface area contributed by atoms with Crippen LogP contribution in [0.25, 0.3) is 0 Å². The summed E-state index contributed by atoms with van der Waals surface area (Å²) < 4.78 is 35.3. The minimum Gasteiger partial charge on any atom is -0.293 e. The first kappa shape index (κ1) is 14.8. The van der Waals surface area contributed by atoms with Gasteiger partial charge in [0.05, 0.1) is 11.3 Å². The second-order valence-electron chi connectivity index (χ2n) is 2.50. The van der Waals surface area contributed by atoms with Crippen molar-refractivity contribution in [1.29, 1.82) is 0 Å². The van der Waals surface area contributed by atoms with E-state index in [-0.39, 0.29) is 32.2 Å². The van der Waals surface area contributed by atoms with Gasteiger partial charge in [-0.1, -0.05) is 6.07 Å². The van der Waals surface area contributed by atoms with Gasteiger partial charge in [0.25, 0.3) is 0 Å². The smallest absolute Gasteiger partial charge is 0.293 e. The minimum atomic E-state index is -4.92. The van der Waals surface area contributed by atoms with Gasteiger partial charge in [-0.15, -0.1) is 11.3 Å². The average Bonchev–Trinajstić information content (AvgIpc) is 2.53. The van der Waals surface area contributed by atoms with E-state index in [1.807, 2.05) is 0 Å². The number of ketones is 2. The summed E-state index contributed by atoms with van der Waals surface area (Å²) in [5.74, 6) is -2.79. The first-order valence-electron chi connectivity index (χ1n) is 3.58. The maximum Gasteiger partial charge on any atom is 0.450 e. The van der Waals surface area contributed by atoms with E-state index in [2.05, 4.69) is 0 Å². The monoisotopic (exact) mass is 430 g/mol. The summed E-state index contributed by atoms with van der Waals surface area (Å²) in [4.78, 5) is 21.7. The van der Waals surface area contributed by atoms with Crippen LogP contribution in [0.15, 0.2) is 17.5 Å². The van der Waals surface area contributed by atoms with Gasteiger partial charge in [0.1, 0.15) is 0 Å². The molecule has 0 bridgehead atoms. The van der Waals surface area contributed by atoms with E-state index in [4.69, 9.17) is 0 Å². The molecule has 80 valence electrons. The molecule has 1 heterocycles. The molecule has 4 radical (unpaired) electrons. The summed E-state index contributed by atoms with van der Waals surface area (Å²) >= 11 is 1.01. The zero-order chi connectivity index (χ0) is 10.8. The van der Waals surface area contributed by atoms with E-state index < -0.39 is 24.2 Å². The van der Waals surface area contributed by atoms with Crippen LogP contribution < -0.4 is 0 Å². The summed E-state index contributed by atoms with van der Waals surface area (Å²) in [6, 6.07) is 2.92. The SMILES string of the molecule is O=C(CC(=O)C(F)(F)F)c1cccs1.[Pb]. The summed E-state index contributed by atoms with van der Waals surface area (Å²) in [5.41, 5.74) is 0. The van der Waals surface area contributed by atoms with Crippen LogP contribution in [-0.4, -0.2) is 45.0 Å². The molecule has 0 aliphatic rings. The second kappa shape index (κ2) is 5.73. The first-order chi connectivity index (χ1) is 6.41. The number of hydrogen-bond donors (Lipinski definition) is 0. The summed E-state index contributed by atoms with van der Waals surface area (Å²) in [7, 11) is 0. The van der Waals surface area contributed by atoms with Gasteiger partial charge in [-0.25, -0.2) is 0 Å². The van der Waals surface area contributed by atoms with Crippen molar-refractivity contribution in [1.82, 2.24) is 0 Å². The van der Waals surface area contributed by atoms with Gasteiger partial charge in [0, 0.05) is 27.3 Å². The van der Waals surface area contributed by atoms with Gasteiger partial charge in [-0.05, 0) is 11.4 Å². The van der Waals surface area contributed by atoms with Gasteiger partial charge < -0.3 is 0 Å². The van der Waals surface area contributed by atoms with Crippen molar-refractivity contribution in [2.45, 2.75) is 12.6 Å². The molecule has 0 aliphatic carbocycles. The van der Waals surface area contributed by atoms with Crippen molar-refractivity contribution >= 4 is 50.2 Å². The van der Waals surface area contributed by atoms with E-state index in [0.717, 1.165) is 11.3 Å². The third kappa shape index (κ3) is 4.41. The predicted octanol–water partition coefficient (Wildman–Crippen LogP) is 2.07. The summed E-state index contributed by atoms with van der Waals surface area (Å²) in [6.07, 6.45) is -6.03. The number of thiophene rings is 1. The van der Waals surface area contributed by atoms with E-state index >= 15 is 0 Å². The Hall–Kier alpha value is -0.248. The molecule has 0 saturated heterocycles. The third-order valence-electron chi connectivity index (χ3n) is 1.43. The van der Waals surface area contributed by atoms with Crippen LogP contribution in [0.1, 0.15) is 16.1 Å². The Morgan fingerprint density at radius 2 is 1.93 bits per heavy atom. The Kier molecular flexibility index (Phi) is 5.64. The molecule has 0 saturated carbocycles. The number of carbonyl (C=O) groups excluding carboxylic acids is 2. The number of halogens is 3. The molecule has 0 aliphatic heterocycles. The second-order valence-corrected chi connectivity index (χ2v) is 3.45. The van der Waals surface area contributed by atoms with Gasteiger partial charge in [-0.3, -0.25) is 9.59 Å². The molecule has 0 N–H and O–H groups in total. The fourth-order valence-electron chi connectivity index (χ4n) is 0.770. The number of rotatable bonds is 3. The minimum absolute atomic E-state index is 0. The molecular weight excluding hydrogens is 424 g/mol. The number of hydrogen-bond acceptors (Lipinski definition) is 3. The Labute approximate surface area is 108 Å². The molecule has 1 rings (SSSR count). The van der Waals surface area contributed by atoms with Crippen LogP contribution in [-0.2, 0) is 4.79 Å². The number of Topliss-reactive ketones (excluding diaryl/α,β-unsaturated/α-hetero) is 2. The van der Waals surface area contributed by atoms with Crippen molar-refractivity contribution in [3.05, 3.63) is 22.4 Å². The molecule has 15 heavy (non-hydrogen) atoms. The van der Waals surface area contributed by atoms with E-state index in [1.54, 1.807) is 5.38 Å². The average molecular weight is 429 g/mol. The van der Waals surface area contributed by atoms with E-state index in [1.165, 1.54) is 12.1 Å². The molecule has 0 aromatic carbocycles. The van der Waals surface area contributed by atoms with Crippen LogP contribution >= 0.6 is 11.3 Å². The maximum absolute atomic E-state index is 11.8. The zero-order valence-corrected chi connectivity index (χ0v) is 12.0. The Balaban J connectivity index is 0.00000196. The van der Waals surface area contributed by atoms with Crippen molar-refractivity contribution in [2.75, 3.05) is 0 Å². The molecule has 7 heteroatoms. The van der Waals surface area contributed by atoms with Crippen LogP contribution in [0.5, 0.6) is 0 Å². The maximum atomic E-state index is 11.8. The molecule has 0 fully saturated rings. The van der Waals surface area contributed by atoms with E-state index in [9.17, 15) is 22.8 Å². The standard InChI is InChI=1S/C8H5F3O2S.Pb/c9-8(10,11)7(13)4-5(12)6-2-1-3-14-6;/h1-3H,4H2;. The van der Waals surface area contributed by atoms with Gasteiger partial charge in [0.2, 0.25) is 5.78 Å². The normalized spacial score (nSPS) is 10.6. The van der Waals surface area contributed by atoms with Crippen LogP contribution in [0.3, 0.4) is 0 Å². The first-order valence-corrected chi connectivity index (χ1v) is 4.46. The molecule has 0 spiro atoms. The predicted molar refractivity (Wildman–Crippen MR) is 50.1 cm³/mol. The fourth-order valence-corrected chi connectivity index (χ4v) is 1.43. The number of alkyl halides is 3. The van der Waals surface area contributed by atoms with Crippen LogP contribution in [0, 0.1) is 0 Å². The largest absolute Gasteiger partial charge is 0.450 e. The third-order valence-corrected chi connectivity index (χ3v) is 2.34. The Bertz CT molecular complexity index is 345. The van der Waals surface area contributed by atoms with E-state index in [0.29, 0.717) is 0 Å². The molecular formula is C8H5F3O2PbS. The Morgan fingerprint density at radius 1 is 1.33 bits per heavy atom. The molecule has 0 unspecified atom stereocenters. The van der Waals surface area contributed by atoms with Crippen molar-refractivity contribution in [3.8, 4) is 0 Å². The summed E-state index contributed by atoms with van der Waals surface area (Å²) in [5, 5.41) is 1.56. The van der Waals surface area contributed by atoms with Gasteiger partial charge >= 0.3 is 6.18 Å². The topological polar surface area (TPSA) is 34.1 Å². The fraction of sp³-hybridized carbons (Fsp3) is 0.250. The quantitative estimate of drug-likeness (QED) is 0.419. The van der Waals surface area contributed by atoms with Crippen LogP contribution in [0.2, 0.25) is 0 Å². The van der Waals surface area contributed by atoms with Crippen LogP contribution in [0.4, 0.5) is 13.2 Å². The molecule has 1 aromatic rings. The molecule has 2 nitrogen and oxygen atoms in total. The Morgan fingerprint density at radius 3 is 2.33 bits per heavy atom. The van der Waals surface area contributed by atoms with Gasteiger partial charge in [0.15, 0.2) is 5.78 Å². The van der Waals surface area contributed by atoms with Crippen molar-refractivity contribution in [2.24, 2.45) is 0 Å². The number of carbonyl (C=O) groups is 2. The molecule has 0 atom stereocenters. The molecule has 1 aromatic heterocycles. The van der Waals surface area contributed by atoms with Gasteiger partial charge in [-0.2, -0.15) is 13.2 Å². The van der Waals surface area contributed by atoms with Crippen molar-refractivity contribution in [3.63, 3.8) is 0 Å². The summed E-state index contributed by atoms with van der Waals surface area (Å²) in [6.45, 7) is 0. The zero-order valence-electron chi connectivity index (χ0n) is 7.30.